The molecule has 8 heteroatoms. The third-order valence-electron chi connectivity index (χ3n) is 6.57. The molecule has 3 aliphatic rings. The number of hydrogen-bond acceptors (Lipinski definition) is 6. The van der Waals surface area contributed by atoms with Crippen LogP contribution in [0.15, 0.2) is 48.3 Å². The highest BCUT2D eigenvalue weighted by atomic mass is 32.2. The van der Waals surface area contributed by atoms with Gasteiger partial charge in [-0.15, -0.1) is 0 Å². The van der Waals surface area contributed by atoms with Crippen molar-refractivity contribution in [2.45, 2.75) is 56.7 Å². The van der Waals surface area contributed by atoms with Crippen molar-refractivity contribution in [1.82, 2.24) is 14.9 Å². The van der Waals surface area contributed by atoms with E-state index in [0.29, 0.717) is 30.3 Å². The maximum atomic E-state index is 12.8. The number of aromatic nitrogens is 2. The predicted octanol–water partition coefficient (Wildman–Crippen LogP) is 3.15. The molecule has 2 aliphatic heterocycles. The molecule has 7 nitrogen and oxygen atoms in total. The van der Waals surface area contributed by atoms with Crippen LogP contribution in [0.2, 0.25) is 0 Å². The Morgan fingerprint density at radius 3 is 2.80 bits per heavy atom. The lowest BCUT2D eigenvalue weighted by atomic mass is 9.83. The SMILES string of the molecule is C[C@H]1C[C@@]2(C=CS(=O)(=O)N2c2cnccn2)CCN1Cc1ccc(O)c(C2CC2)c1. The van der Waals surface area contributed by atoms with Gasteiger partial charge in [0.25, 0.3) is 10.0 Å². The van der Waals surface area contributed by atoms with E-state index in [9.17, 15) is 13.5 Å². The molecule has 0 amide bonds. The first kappa shape index (κ1) is 19.5. The van der Waals surface area contributed by atoms with Crippen molar-refractivity contribution in [1.29, 1.82) is 0 Å². The smallest absolute Gasteiger partial charge is 0.259 e. The molecular formula is C22H26N4O3S. The van der Waals surface area contributed by atoms with Crippen LogP contribution in [0.1, 0.15) is 49.7 Å². The molecule has 1 N–H and O–H groups in total. The van der Waals surface area contributed by atoms with Crippen molar-refractivity contribution in [2.24, 2.45) is 0 Å². The molecule has 30 heavy (non-hydrogen) atoms. The van der Waals surface area contributed by atoms with Crippen molar-refractivity contribution in [2.75, 3.05) is 10.8 Å². The van der Waals surface area contributed by atoms with E-state index < -0.39 is 15.6 Å². The number of likely N-dealkylation sites (tertiary alicyclic amines) is 1. The second-order valence-corrected chi connectivity index (χ2v) is 10.4. The van der Waals surface area contributed by atoms with E-state index in [1.165, 1.54) is 27.7 Å². The van der Waals surface area contributed by atoms with E-state index >= 15 is 0 Å². The molecule has 1 spiro atoms. The number of nitrogens with zero attached hydrogens (tertiary/aromatic N) is 4. The molecule has 0 bridgehead atoms. The Bertz CT molecular complexity index is 1080. The van der Waals surface area contributed by atoms with Gasteiger partial charge in [0.2, 0.25) is 0 Å². The highest BCUT2D eigenvalue weighted by molar-refractivity contribution is 7.96. The van der Waals surface area contributed by atoms with Gasteiger partial charge in [-0.3, -0.25) is 9.88 Å². The summed E-state index contributed by atoms with van der Waals surface area (Å²) in [6.45, 7) is 3.72. The number of rotatable bonds is 4. The zero-order chi connectivity index (χ0) is 20.9. The Kier molecular flexibility index (Phi) is 4.59. The summed E-state index contributed by atoms with van der Waals surface area (Å²) in [4.78, 5) is 10.7. The zero-order valence-corrected chi connectivity index (χ0v) is 17.8. The lowest BCUT2D eigenvalue weighted by Crippen LogP contribution is -2.56. The van der Waals surface area contributed by atoms with Crippen LogP contribution >= 0.6 is 0 Å². The standard InChI is InChI=1S/C22H26N4O3S/c1-16-13-22(7-11-30(28,29)26(22)21-14-23-8-9-24-21)6-10-25(16)15-17-2-5-20(27)19(12-17)18-3-4-18/h2,5,7-9,11-12,14,16,18,27H,3-4,6,10,13,15H2,1H3/t16-,22-/m0/s1. The molecule has 3 heterocycles. The van der Waals surface area contributed by atoms with Gasteiger partial charge in [-0.2, -0.15) is 0 Å². The number of phenolic OH excluding ortho intramolecular Hbond substituents is 1. The van der Waals surface area contributed by atoms with Gasteiger partial charge in [0.05, 0.1) is 11.7 Å². The Balaban J connectivity index is 1.36. The Morgan fingerprint density at radius 2 is 2.10 bits per heavy atom. The maximum Gasteiger partial charge on any atom is 0.259 e. The van der Waals surface area contributed by atoms with Gasteiger partial charge < -0.3 is 5.11 Å². The number of aromatic hydroxyl groups is 1. The molecule has 1 saturated carbocycles. The molecule has 5 rings (SSSR count). The van der Waals surface area contributed by atoms with Crippen molar-refractivity contribution < 1.29 is 13.5 Å². The van der Waals surface area contributed by atoms with Crippen LogP contribution in [-0.4, -0.2) is 46.5 Å². The van der Waals surface area contributed by atoms with Crippen LogP contribution in [0.25, 0.3) is 0 Å². The highest BCUT2D eigenvalue weighted by Crippen LogP contribution is 2.45. The molecule has 158 valence electrons. The Hall–Kier alpha value is -2.45. The van der Waals surface area contributed by atoms with Crippen LogP contribution in [0.4, 0.5) is 5.82 Å². The first-order chi connectivity index (χ1) is 14.4. The molecule has 2 atom stereocenters. The number of piperidine rings is 1. The number of sulfonamides is 1. The maximum absolute atomic E-state index is 12.8. The summed E-state index contributed by atoms with van der Waals surface area (Å²) in [5, 5.41) is 11.4. The molecule has 2 fully saturated rings. The number of phenols is 1. The van der Waals surface area contributed by atoms with Crippen LogP contribution in [0, 0.1) is 0 Å². The van der Waals surface area contributed by atoms with Gasteiger partial charge in [-0.05, 0) is 61.8 Å². The lowest BCUT2D eigenvalue weighted by molar-refractivity contribution is 0.119. The Labute approximate surface area is 177 Å². The average molecular weight is 427 g/mol. The molecule has 1 saturated heterocycles. The summed E-state index contributed by atoms with van der Waals surface area (Å²) in [6.07, 6.45) is 10.1. The Morgan fingerprint density at radius 1 is 1.27 bits per heavy atom. The van der Waals surface area contributed by atoms with Crippen molar-refractivity contribution in [3.05, 3.63) is 59.4 Å². The average Bonchev–Trinajstić information content (AvgIpc) is 3.52. The van der Waals surface area contributed by atoms with E-state index in [4.69, 9.17) is 0 Å². The highest BCUT2D eigenvalue weighted by Gasteiger charge is 2.49. The minimum absolute atomic E-state index is 0.189. The summed E-state index contributed by atoms with van der Waals surface area (Å²) in [7, 11) is -3.56. The molecule has 0 unspecified atom stereocenters. The zero-order valence-electron chi connectivity index (χ0n) is 17.0. The molecular weight excluding hydrogens is 400 g/mol. The predicted molar refractivity (Wildman–Crippen MR) is 114 cm³/mol. The van der Waals surface area contributed by atoms with Crippen molar-refractivity contribution in [3.8, 4) is 5.75 Å². The van der Waals surface area contributed by atoms with Gasteiger partial charge in [-0.1, -0.05) is 12.1 Å². The summed E-state index contributed by atoms with van der Waals surface area (Å²) in [5.41, 5.74) is 1.66. The van der Waals surface area contributed by atoms with Gasteiger partial charge in [0, 0.05) is 36.9 Å². The van der Waals surface area contributed by atoms with Crippen LogP contribution in [0.5, 0.6) is 5.75 Å². The first-order valence-electron chi connectivity index (χ1n) is 10.4. The molecule has 1 aromatic heterocycles. The quantitative estimate of drug-likeness (QED) is 0.808. The van der Waals surface area contributed by atoms with Gasteiger partial charge in [-0.25, -0.2) is 17.7 Å². The van der Waals surface area contributed by atoms with Crippen LogP contribution < -0.4 is 4.31 Å². The minimum atomic E-state index is -3.56. The molecule has 2 aromatic rings. The number of anilines is 1. The fraction of sp³-hybridized carbons (Fsp3) is 0.455. The van der Waals surface area contributed by atoms with Gasteiger partial charge in [0.1, 0.15) is 5.75 Å². The fourth-order valence-corrected chi connectivity index (χ4v) is 6.51. The summed E-state index contributed by atoms with van der Waals surface area (Å²) < 4.78 is 27.0. The fourth-order valence-electron chi connectivity index (χ4n) is 4.88. The monoisotopic (exact) mass is 426 g/mol. The van der Waals surface area contributed by atoms with Crippen molar-refractivity contribution in [3.63, 3.8) is 0 Å². The van der Waals surface area contributed by atoms with Crippen LogP contribution in [0.3, 0.4) is 0 Å². The summed E-state index contributed by atoms with van der Waals surface area (Å²) in [5.74, 6) is 1.27. The first-order valence-corrected chi connectivity index (χ1v) is 11.9. The molecule has 1 aromatic carbocycles. The van der Waals surface area contributed by atoms with Crippen LogP contribution in [-0.2, 0) is 16.6 Å². The topological polar surface area (TPSA) is 86.6 Å². The van der Waals surface area contributed by atoms with E-state index in [0.717, 1.165) is 31.5 Å². The minimum Gasteiger partial charge on any atom is -0.508 e. The number of hydrogen-bond donors (Lipinski definition) is 1. The normalized spacial score (nSPS) is 28.3. The molecule has 1 aliphatic carbocycles. The van der Waals surface area contributed by atoms with Gasteiger partial charge in [0.15, 0.2) is 5.82 Å². The van der Waals surface area contributed by atoms with Gasteiger partial charge >= 0.3 is 0 Å². The lowest BCUT2D eigenvalue weighted by Gasteiger charge is -2.46. The third-order valence-corrected chi connectivity index (χ3v) is 8.11. The summed E-state index contributed by atoms with van der Waals surface area (Å²) in [6, 6.07) is 6.12. The van der Waals surface area contributed by atoms with E-state index in [1.54, 1.807) is 12.3 Å². The summed E-state index contributed by atoms with van der Waals surface area (Å²) >= 11 is 0. The third kappa shape index (κ3) is 3.37. The van der Waals surface area contributed by atoms with E-state index in [1.807, 2.05) is 12.1 Å². The second-order valence-electron chi connectivity index (χ2n) is 8.72. The van der Waals surface area contributed by atoms with E-state index in [-0.39, 0.29) is 6.04 Å². The second kappa shape index (κ2) is 7.06. The molecule has 0 radical (unpaired) electrons. The van der Waals surface area contributed by atoms with E-state index in [2.05, 4.69) is 27.9 Å². The largest absolute Gasteiger partial charge is 0.508 e. The number of benzene rings is 1. The van der Waals surface area contributed by atoms with Crippen molar-refractivity contribution >= 4 is 15.8 Å².